The largest absolute Gasteiger partial charge is 0.496 e. The topological polar surface area (TPSA) is 91.2 Å². The number of hydrogen-bond acceptors (Lipinski definition) is 7. The summed E-state index contributed by atoms with van der Waals surface area (Å²) < 4.78 is 12.3. The summed E-state index contributed by atoms with van der Waals surface area (Å²) in [6, 6.07) is 5.34. The van der Waals surface area contributed by atoms with Crippen LogP contribution in [0.15, 0.2) is 29.1 Å². The van der Waals surface area contributed by atoms with Gasteiger partial charge in [0.2, 0.25) is 0 Å². The second kappa shape index (κ2) is 7.06. The molecule has 130 valence electrons. The molecule has 1 aromatic carbocycles. The van der Waals surface area contributed by atoms with Crippen LogP contribution in [0.3, 0.4) is 0 Å². The number of esters is 1. The average Bonchev–Trinajstić information content (AvgIpc) is 2.93. The zero-order valence-corrected chi connectivity index (χ0v) is 15.5. The van der Waals surface area contributed by atoms with Crippen LogP contribution in [0.2, 0.25) is 0 Å². The van der Waals surface area contributed by atoms with E-state index in [1.54, 1.807) is 16.8 Å². The minimum Gasteiger partial charge on any atom is -0.496 e. The number of fused-ring (bicyclic) bond motifs is 1. The van der Waals surface area contributed by atoms with Crippen LogP contribution in [0, 0.1) is 0 Å². The van der Waals surface area contributed by atoms with Gasteiger partial charge in [0.05, 0.1) is 19.6 Å². The van der Waals surface area contributed by atoms with Crippen LogP contribution in [-0.2, 0) is 18.3 Å². The Kier molecular flexibility index (Phi) is 4.84. The minimum atomic E-state index is -0.446. The van der Waals surface area contributed by atoms with Crippen molar-refractivity contribution in [3.8, 4) is 5.75 Å². The zero-order chi connectivity index (χ0) is 18.0. The molecule has 2 heterocycles. The van der Waals surface area contributed by atoms with E-state index in [-0.39, 0.29) is 0 Å². The standard InChI is InChI=1S/C16H16BrN5O3/c1-22-15-12(13(17)21-22)14(19-8-20-15)18-7-9-4-5-11(24-2)10(6-9)16(23)25-3/h4-6,8H,7H2,1-3H3,(H,18,19,20). The van der Waals surface area contributed by atoms with Gasteiger partial charge < -0.3 is 14.8 Å². The van der Waals surface area contributed by atoms with Crippen molar-refractivity contribution in [3.05, 3.63) is 40.3 Å². The van der Waals surface area contributed by atoms with Gasteiger partial charge in [0.15, 0.2) is 5.65 Å². The highest BCUT2D eigenvalue weighted by Crippen LogP contribution is 2.27. The van der Waals surface area contributed by atoms with Gasteiger partial charge >= 0.3 is 5.97 Å². The molecule has 0 aliphatic carbocycles. The first kappa shape index (κ1) is 17.2. The van der Waals surface area contributed by atoms with E-state index in [1.165, 1.54) is 20.5 Å². The Labute approximate surface area is 152 Å². The molecule has 25 heavy (non-hydrogen) atoms. The number of carbonyl (C=O) groups is 1. The van der Waals surface area contributed by atoms with Gasteiger partial charge in [0.1, 0.15) is 28.1 Å². The number of carbonyl (C=O) groups excluding carboxylic acids is 1. The van der Waals surface area contributed by atoms with Crippen LogP contribution in [0.5, 0.6) is 5.75 Å². The van der Waals surface area contributed by atoms with Gasteiger partial charge in [0.25, 0.3) is 0 Å². The van der Waals surface area contributed by atoms with Gasteiger partial charge in [-0.2, -0.15) is 5.10 Å². The zero-order valence-electron chi connectivity index (χ0n) is 13.9. The Morgan fingerprint density at radius 3 is 2.84 bits per heavy atom. The monoisotopic (exact) mass is 405 g/mol. The van der Waals surface area contributed by atoms with E-state index >= 15 is 0 Å². The maximum absolute atomic E-state index is 11.9. The van der Waals surface area contributed by atoms with E-state index in [9.17, 15) is 4.79 Å². The molecule has 0 saturated heterocycles. The van der Waals surface area contributed by atoms with Gasteiger partial charge in [-0.05, 0) is 33.6 Å². The second-order valence-electron chi connectivity index (χ2n) is 5.22. The van der Waals surface area contributed by atoms with Gasteiger partial charge in [-0.1, -0.05) is 6.07 Å². The first-order chi connectivity index (χ1) is 12.0. The molecule has 0 spiro atoms. The third-order valence-corrected chi connectivity index (χ3v) is 4.26. The second-order valence-corrected chi connectivity index (χ2v) is 5.97. The van der Waals surface area contributed by atoms with Crippen molar-refractivity contribution in [3.63, 3.8) is 0 Å². The SMILES string of the molecule is COC(=O)c1cc(CNc2ncnc3c2c(Br)nn3C)ccc1OC. The summed E-state index contributed by atoms with van der Waals surface area (Å²) in [6.07, 6.45) is 1.48. The van der Waals surface area contributed by atoms with Gasteiger partial charge in [-0.3, -0.25) is 0 Å². The molecule has 0 saturated carbocycles. The first-order valence-electron chi connectivity index (χ1n) is 7.37. The fourth-order valence-electron chi connectivity index (χ4n) is 2.50. The fraction of sp³-hybridized carbons (Fsp3) is 0.250. The summed E-state index contributed by atoms with van der Waals surface area (Å²) in [4.78, 5) is 20.4. The number of anilines is 1. The maximum Gasteiger partial charge on any atom is 0.341 e. The van der Waals surface area contributed by atoms with Crippen molar-refractivity contribution in [2.75, 3.05) is 19.5 Å². The summed E-state index contributed by atoms with van der Waals surface area (Å²) in [5.41, 5.74) is 1.97. The van der Waals surface area contributed by atoms with E-state index in [0.29, 0.717) is 33.9 Å². The molecule has 0 fully saturated rings. The summed E-state index contributed by atoms with van der Waals surface area (Å²) in [7, 11) is 4.66. The highest BCUT2D eigenvalue weighted by Gasteiger charge is 2.15. The molecule has 0 bridgehead atoms. The van der Waals surface area contributed by atoms with E-state index in [4.69, 9.17) is 9.47 Å². The number of nitrogens with one attached hydrogen (secondary N) is 1. The fourth-order valence-corrected chi connectivity index (χ4v) is 3.10. The Balaban J connectivity index is 1.88. The van der Waals surface area contributed by atoms with Crippen molar-refractivity contribution in [1.82, 2.24) is 19.7 Å². The molecule has 0 radical (unpaired) electrons. The highest BCUT2D eigenvalue weighted by molar-refractivity contribution is 9.10. The normalized spacial score (nSPS) is 10.7. The number of nitrogens with zero attached hydrogens (tertiary/aromatic N) is 4. The number of methoxy groups -OCH3 is 2. The van der Waals surface area contributed by atoms with Crippen molar-refractivity contribution < 1.29 is 14.3 Å². The van der Waals surface area contributed by atoms with Crippen molar-refractivity contribution in [2.24, 2.45) is 7.05 Å². The van der Waals surface area contributed by atoms with Crippen LogP contribution in [0.25, 0.3) is 11.0 Å². The smallest absolute Gasteiger partial charge is 0.341 e. The number of hydrogen-bond donors (Lipinski definition) is 1. The van der Waals surface area contributed by atoms with E-state index < -0.39 is 5.97 Å². The van der Waals surface area contributed by atoms with Crippen molar-refractivity contribution in [2.45, 2.75) is 6.54 Å². The van der Waals surface area contributed by atoms with Gasteiger partial charge in [-0.25, -0.2) is 19.4 Å². The molecular weight excluding hydrogens is 390 g/mol. The van der Waals surface area contributed by atoms with Crippen LogP contribution in [0.1, 0.15) is 15.9 Å². The van der Waals surface area contributed by atoms with Crippen molar-refractivity contribution in [1.29, 1.82) is 0 Å². The highest BCUT2D eigenvalue weighted by atomic mass is 79.9. The van der Waals surface area contributed by atoms with Crippen molar-refractivity contribution >= 4 is 38.8 Å². The quantitative estimate of drug-likeness (QED) is 0.651. The predicted molar refractivity (Wildman–Crippen MR) is 95.7 cm³/mol. The molecule has 0 amide bonds. The van der Waals surface area contributed by atoms with Crippen LogP contribution in [-0.4, -0.2) is 39.9 Å². The molecule has 0 atom stereocenters. The molecule has 0 aliphatic rings. The Morgan fingerprint density at radius 2 is 2.12 bits per heavy atom. The number of aromatic nitrogens is 4. The number of benzene rings is 1. The lowest BCUT2D eigenvalue weighted by Crippen LogP contribution is -2.07. The lowest BCUT2D eigenvalue weighted by molar-refractivity contribution is 0.0597. The number of aryl methyl sites for hydroxylation is 1. The first-order valence-corrected chi connectivity index (χ1v) is 8.16. The number of halogens is 1. The lowest BCUT2D eigenvalue weighted by Gasteiger charge is -2.11. The molecule has 3 rings (SSSR count). The average molecular weight is 406 g/mol. The van der Waals surface area contributed by atoms with Gasteiger partial charge in [0, 0.05) is 13.6 Å². The lowest BCUT2D eigenvalue weighted by atomic mass is 10.1. The maximum atomic E-state index is 11.9. The number of ether oxygens (including phenoxy) is 2. The molecule has 0 aliphatic heterocycles. The van der Waals surface area contributed by atoms with Crippen LogP contribution >= 0.6 is 15.9 Å². The molecule has 1 N–H and O–H groups in total. The van der Waals surface area contributed by atoms with Crippen LogP contribution in [0.4, 0.5) is 5.82 Å². The summed E-state index contributed by atoms with van der Waals surface area (Å²) >= 11 is 3.42. The molecule has 3 aromatic rings. The summed E-state index contributed by atoms with van der Waals surface area (Å²) in [5.74, 6) is 0.675. The van der Waals surface area contributed by atoms with E-state index in [1.807, 2.05) is 13.1 Å². The molecular formula is C16H16BrN5O3. The minimum absolute atomic E-state index is 0.375. The van der Waals surface area contributed by atoms with E-state index in [2.05, 4.69) is 36.3 Å². The van der Waals surface area contributed by atoms with E-state index in [0.717, 1.165) is 10.9 Å². The number of rotatable bonds is 5. The molecule has 0 unspecified atom stereocenters. The van der Waals surface area contributed by atoms with Crippen LogP contribution < -0.4 is 10.1 Å². The molecule has 2 aromatic heterocycles. The summed E-state index contributed by atoms with van der Waals surface area (Å²) in [5, 5.41) is 8.34. The predicted octanol–water partition coefficient (Wildman–Crippen LogP) is 2.53. The molecule has 9 heteroatoms. The Bertz CT molecular complexity index is 941. The van der Waals surface area contributed by atoms with Gasteiger partial charge in [-0.15, -0.1) is 0 Å². The molecule has 8 nitrogen and oxygen atoms in total. The Morgan fingerprint density at radius 1 is 1.32 bits per heavy atom. The summed E-state index contributed by atoms with van der Waals surface area (Å²) in [6.45, 7) is 0.460. The third kappa shape index (κ3) is 3.27. The Hall–Kier alpha value is -2.68. The third-order valence-electron chi connectivity index (χ3n) is 3.71.